The molecule has 6 aromatic rings. The van der Waals surface area contributed by atoms with Crippen molar-refractivity contribution in [1.29, 1.82) is 0 Å². The van der Waals surface area contributed by atoms with Crippen LogP contribution < -0.4 is 48.1 Å². The molecule has 0 aliphatic carbocycles. The summed E-state index contributed by atoms with van der Waals surface area (Å²) in [6.07, 6.45) is 0. The molecule has 37 heavy (non-hydrogen) atoms. The summed E-state index contributed by atoms with van der Waals surface area (Å²) in [5, 5.41) is 8.75. The summed E-state index contributed by atoms with van der Waals surface area (Å²) in [7, 11) is -2.10. The topological polar surface area (TPSA) is 0 Å². The maximum absolute atomic E-state index is 2.56. The van der Waals surface area contributed by atoms with Gasteiger partial charge in [0.05, 0.1) is 0 Å². The number of hydrogen-bond acceptors (Lipinski definition) is 0. The van der Waals surface area contributed by atoms with Gasteiger partial charge in [0.25, 0.3) is 0 Å². The van der Waals surface area contributed by atoms with Crippen LogP contribution in [-0.4, -0.2) is 8.07 Å². The average Bonchev–Trinajstić information content (AvgIpc) is 3.41. The molecule has 6 rings (SSSR count). The van der Waals surface area contributed by atoms with Gasteiger partial charge < -0.3 is 0 Å². The third-order valence-corrected chi connectivity index (χ3v) is 11.4. The van der Waals surface area contributed by atoms with Crippen molar-refractivity contribution in [3.05, 3.63) is 120 Å². The summed E-state index contributed by atoms with van der Waals surface area (Å²) < 4.78 is 0. The Morgan fingerprint density at radius 2 is 0.865 bits per heavy atom. The fraction of sp³-hybridized carbons (Fsp3) is 0.118. The number of rotatable bonds is 4. The number of fused-ring (bicyclic) bond motifs is 2. The zero-order valence-corrected chi connectivity index (χ0v) is 23.9. The molecule has 6 aromatic carbocycles. The first-order valence-electron chi connectivity index (χ1n) is 12.5. The summed E-state index contributed by atoms with van der Waals surface area (Å²) in [5.74, 6) is 0. The largest absolute Gasteiger partial charge is 1.00 e. The normalized spacial score (nSPS) is 11.4. The Kier molecular flexibility index (Phi) is 7.97. The second-order valence-corrected chi connectivity index (χ2v) is 14.6. The molecule has 0 fully saturated rings. The van der Waals surface area contributed by atoms with E-state index in [-0.39, 0.29) is 37.7 Å². The van der Waals surface area contributed by atoms with Gasteiger partial charge in [-0.3, -0.25) is 0 Å². The van der Waals surface area contributed by atoms with Crippen LogP contribution in [0.1, 0.15) is 11.1 Å². The Bertz CT molecular complexity index is 1550. The summed E-state index contributed by atoms with van der Waals surface area (Å²) in [4.78, 5) is 0. The van der Waals surface area contributed by atoms with E-state index >= 15 is 0 Å². The van der Waals surface area contributed by atoms with Gasteiger partial charge in [0.1, 0.15) is 0 Å². The number of benzene rings is 4. The van der Waals surface area contributed by atoms with Crippen molar-refractivity contribution in [2.75, 3.05) is 0 Å². The molecule has 0 atom stereocenters. The van der Waals surface area contributed by atoms with Gasteiger partial charge in [-0.2, -0.15) is 10.4 Å². The Labute approximate surface area is 245 Å². The van der Waals surface area contributed by atoms with E-state index in [0.29, 0.717) is 0 Å². The van der Waals surface area contributed by atoms with E-state index in [1.165, 1.54) is 54.9 Å². The van der Waals surface area contributed by atoms with Crippen LogP contribution in [0, 0.1) is 13.8 Å². The van der Waals surface area contributed by atoms with Crippen LogP contribution in [0.2, 0.25) is 13.1 Å². The first-order chi connectivity index (χ1) is 17.0. The van der Waals surface area contributed by atoms with E-state index < -0.39 is 8.07 Å². The molecule has 172 valence electrons. The van der Waals surface area contributed by atoms with E-state index in [4.69, 9.17) is 0 Å². The van der Waals surface area contributed by atoms with Gasteiger partial charge >= 0.3 is 37.7 Å². The smallest absolute Gasteiger partial charge is 0.158 e. The van der Waals surface area contributed by atoms with Crippen molar-refractivity contribution in [2.45, 2.75) is 26.9 Å². The van der Waals surface area contributed by atoms with Crippen LogP contribution >= 0.6 is 0 Å². The van der Waals surface area contributed by atoms with Crippen LogP contribution in [-0.2, 0) is 0 Å². The Balaban J connectivity index is 0.00000160. The zero-order chi connectivity index (χ0) is 24.2. The molecule has 0 saturated carbocycles. The van der Waals surface area contributed by atoms with Gasteiger partial charge in [0.15, 0.2) is 0 Å². The fourth-order valence-corrected chi connectivity index (χ4v) is 10.6. The molecular formula is C34H30Li2Si. The maximum Gasteiger partial charge on any atom is 1.00 e. The molecule has 0 heterocycles. The molecule has 0 radical (unpaired) electrons. The van der Waals surface area contributed by atoms with Crippen molar-refractivity contribution in [2.24, 2.45) is 0 Å². The van der Waals surface area contributed by atoms with E-state index in [1.54, 1.807) is 10.4 Å². The van der Waals surface area contributed by atoms with Crippen molar-refractivity contribution in [1.82, 2.24) is 0 Å². The average molecular weight is 481 g/mol. The Morgan fingerprint density at radius 1 is 0.486 bits per heavy atom. The van der Waals surface area contributed by atoms with Crippen LogP contribution in [0.4, 0.5) is 0 Å². The van der Waals surface area contributed by atoms with Gasteiger partial charge in [-0.05, 0) is 11.1 Å². The Hall–Kier alpha value is -2.49. The molecule has 0 amide bonds. The number of aryl methyl sites for hydroxylation is 2. The third-order valence-electron chi connectivity index (χ3n) is 7.65. The predicted octanol–water partition coefficient (Wildman–Crippen LogP) is 2.21. The van der Waals surface area contributed by atoms with Crippen molar-refractivity contribution < 1.29 is 37.7 Å². The van der Waals surface area contributed by atoms with E-state index in [9.17, 15) is 0 Å². The molecule has 0 N–H and O–H groups in total. The summed E-state index contributed by atoms with van der Waals surface area (Å²) in [6, 6.07) is 40.2. The van der Waals surface area contributed by atoms with Crippen LogP contribution in [0.3, 0.4) is 0 Å². The van der Waals surface area contributed by atoms with Gasteiger partial charge in [0, 0.05) is 8.07 Å². The zero-order valence-electron chi connectivity index (χ0n) is 22.9. The molecule has 3 heteroatoms. The number of hydrogen-bond donors (Lipinski definition) is 0. The minimum Gasteiger partial charge on any atom is -0.158 e. The molecular weight excluding hydrogens is 450 g/mol. The van der Waals surface area contributed by atoms with E-state index in [1.807, 2.05) is 0 Å². The van der Waals surface area contributed by atoms with Gasteiger partial charge in [0.2, 0.25) is 0 Å². The van der Waals surface area contributed by atoms with Gasteiger partial charge in [-0.15, -0.1) is 69.1 Å². The van der Waals surface area contributed by atoms with Crippen molar-refractivity contribution >= 4 is 40.0 Å². The SMILES string of the molecule is Cc1[cH-]c2cccc(-c3ccccc3)c2c1[Si](C)(C)c1c(C)[cH-]c2cccc(-c3ccccc3)c12.[Li+].[Li+]. The standard InChI is InChI=1S/C34H30Si.2Li/c1-23-21-27-17-11-19-29(25-13-7-5-8-14-25)31(27)33(23)35(3,4)34-24(2)22-28-18-12-20-30(32(28)34)26-15-9-6-10-16-26;;/h5-22H,1-4H3;;/q-2;2*+1. The van der Waals surface area contributed by atoms with E-state index in [0.717, 1.165) is 0 Å². The first kappa shape index (κ1) is 27.5. The second kappa shape index (κ2) is 10.7. The van der Waals surface area contributed by atoms with Crippen molar-refractivity contribution in [3.63, 3.8) is 0 Å². The molecule has 0 bridgehead atoms. The monoisotopic (exact) mass is 480 g/mol. The van der Waals surface area contributed by atoms with Gasteiger partial charge in [-0.1, -0.05) is 111 Å². The van der Waals surface area contributed by atoms with Crippen molar-refractivity contribution in [3.8, 4) is 22.3 Å². The molecule has 0 aromatic heterocycles. The van der Waals surface area contributed by atoms with E-state index in [2.05, 4.69) is 136 Å². The molecule has 0 nitrogen and oxygen atoms in total. The summed E-state index contributed by atoms with van der Waals surface area (Å²) in [6.45, 7) is 9.75. The summed E-state index contributed by atoms with van der Waals surface area (Å²) >= 11 is 0. The molecule has 0 spiro atoms. The van der Waals surface area contributed by atoms with Crippen LogP contribution in [0.15, 0.2) is 109 Å². The first-order valence-corrected chi connectivity index (χ1v) is 15.5. The summed E-state index contributed by atoms with van der Waals surface area (Å²) in [5.41, 5.74) is 8.14. The van der Waals surface area contributed by atoms with Crippen LogP contribution in [0.5, 0.6) is 0 Å². The third kappa shape index (κ3) is 4.55. The maximum atomic E-state index is 2.56. The molecule has 0 aliphatic rings. The predicted molar refractivity (Wildman–Crippen MR) is 156 cm³/mol. The minimum atomic E-state index is -2.10. The molecule has 0 saturated heterocycles. The van der Waals surface area contributed by atoms with Crippen LogP contribution in [0.25, 0.3) is 43.8 Å². The Morgan fingerprint density at radius 3 is 1.24 bits per heavy atom. The minimum absolute atomic E-state index is 0. The van der Waals surface area contributed by atoms with Gasteiger partial charge in [-0.25, -0.2) is 0 Å². The fourth-order valence-electron chi connectivity index (χ4n) is 6.40. The second-order valence-electron chi connectivity index (χ2n) is 10.3. The molecule has 0 aliphatic heterocycles. The molecule has 0 unspecified atom stereocenters. The quantitative estimate of drug-likeness (QED) is 0.268.